The molecule has 0 saturated carbocycles. The number of fused-ring (bicyclic) bond motifs is 1. The van der Waals surface area contributed by atoms with E-state index in [0.29, 0.717) is 36.6 Å². The number of piperidine rings is 2. The lowest BCUT2D eigenvalue weighted by Gasteiger charge is -2.47. The van der Waals surface area contributed by atoms with Gasteiger partial charge in [-0.1, -0.05) is 0 Å². The number of hydrogen-bond acceptors (Lipinski definition) is 4. The van der Waals surface area contributed by atoms with Crippen molar-refractivity contribution in [3.8, 4) is 0 Å². The maximum Gasteiger partial charge on any atom is 0.222 e. The molecule has 3 aliphatic heterocycles. The summed E-state index contributed by atoms with van der Waals surface area (Å²) in [6, 6.07) is 0.336. The van der Waals surface area contributed by atoms with Crippen molar-refractivity contribution < 1.29 is 9.59 Å². The average molecular weight is 351 g/mol. The van der Waals surface area contributed by atoms with Crippen LogP contribution in [0.5, 0.6) is 0 Å². The average Bonchev–Trinajstić information content (AvgIpc) is 3.14. The van der Waals surface area contributed by atoms with Crippen molar-refractivity contribution in [2.45, 2.75) is 51.0 Å². The number of amides is 2. The summed E-state index contributed by atoms with van der Waals surface area (Å²) in [5.41, 5.74) is 0. The zero-order valence-electron chi connectivity index (χ0n) is 15.7. The molecule has 25 heavy (non-hydrogen) atoms. The van der Waals surface area contributed by atoms with Crippen molar-refractivity contribution in [1.82, 2.24) is 20.0 Å². The lowest BCUT2D eigenvalue weighted by molar-refractivity contribution is -0.144. The van der Waals surface area contributed by atoms with E-state index in [0.717, 1.165) is 52.0 Å². The van der Waals surface area contributed by atoms with E-state index >= 15 is 0 Å². The third-order valence-corrected chi connectivity index (χ3v) is 6.16. The molecule has 6 nitrogen and oxygen atoms in total. The Morgan fingerprint density at radius 1 is 1.16 bits per heavy atom. The smallest absolute Gasteiger partial charge is 0.222 e. The van der Waals surface area contributed by atoms with E-state index in [4.69, 9.17) is 0 Å². The molecular weight excluding hydrogens is 316 g/mol. The van der Waals surface area contributed by atoms with Gasteiger partial charge in [0.1, 0.15) is 0 Å². The van der Waals surface area contributed by atoms with Crippen LogP contribution in [0.4, 0.5) is 0 Å². The third kappa shape index (κ3) is 4.73. The summed E-state index contributed by atoms with van der Waals surface area (Å²) in [6.45, 7) is 6.77. The summed E-state index contributed by atoms with van der Waals surface area (Å²) in [5.74, 6) is 1.07. The molecular formula is C19H34N4O2. The van der Waals surface area contributed by atoms with Gasteiger partial charge in [-0.15, -0.1) is 0 Å². The van der Waals surface area contributed by atoms with Crippen molar-refractivity contribution in [2.75, 3.05) is 52.9 Å². The Bertz CT molecular complexity index is 464. The summed E-state index contributed by atoms with van der Waals surface area (Å²) in [7, 11) is 1.93. The van der Waals surface area contributed by atoms with Crippen LogP contribution in [0.1, 0.15) is 44.9 Å². The Kier molecular flexibility index (Phi) is 6.70. The highest BCUT2D eigenvalue weighted by atomic mass is 16.2. The first-order valence-electron chi connectivity index (χ1n) is 10.1. The molecule has 0 unspecified atom stereocenters. The monoisotopic (exact) mass is 350 g/mol. The minimum atomic E-state index is 0.293. The van der Waals surface area contributed by atoms with Crippen LogP contribution in [-0.4, -0.2) is 85.4 Å². The summed E-state index contributed by atoms with van der Waals surface area (Å²) in [5, 5.41) is 3.14. The molecule has 2 amide bonds. The molecule has 142 valence electrons. The minimum absolute atomic E-state index is 0.293. The van der Waals surface area contributed by atoms with Gasteiger partial charge in [-0.2, -0.15) is 0 Å². The van der Waals surface area contributed by atoms with Crippen LogP contribution in [0.15, 0.2) is 0 Å². The molecule has 0 spiro atoms. The molecule has 3 rings (SSSR count). The second kappa shape index (κ2) is 8.99. The van der Waals surface area contributed by atoms with E-state index in [-0.39, 0.29) is 0 Å². The highest BCUT2D eigenvalue weighted by Gasteiger charge is 2.39. The molecule has 0 radical (unpaired) electrons. The summed E-state index contributed by atoms with van der Waals surface area (Å²) in [6.07, 6.45) is 6.81. The zero-order chi connectivity index (χ0) is 17.6. The van der Waals surface area contributed by atoms with E-state index in [1.165, 1.54) is 25.9 Å². The van der Waals surface area contributed by atoms with Gasteiger partial charge in [0.15, 0.2) is 0 Å². The Hall–Kier alpha value is -1.14. The zero-order valence-corrected chi connectivity index (χ0v) is 15.7. The van der Waals surface area contributed by atoms with Crippen LogP contribution in [0, 0.1) is 5.92 Å². The number of rotatable bonds is 7. The molecule has 2 atom stereocenters. The number of nitrogens with one attached hydrogen (secondary N) is 1. The molecule has 1 N–H and O–H groups in total. The predicted molar refractivity (Wildman–Crippen MR) is 98.3 cm³/mol. The van der Waals surface area contributed by atoms with Crippen LogP contribution in [0.2, 0.25) is 0 Å². The van der Waals surface area contributed by atoms with E-state index in [2.05, 4.69) is 20.0 Å². The molecule has 6 heteroatoms. The molecule has 3 fully saturated rings. The van der Waals surface area contributed by atoms with Crippen molar-refractivity contribution in [2.24, 2.45) is 5.92 Å². The number of nitrogens with zero attached hydrogens (tertiary/aromatic N) is 3. The molecule has 0 aromatic heterocycles. The molecule has 0 aromatic carbocycles. The van der Waals surface area contributed by atoms with Crippen molar-refractivity contribution in [3.63, 3.8) is 0 Å². The molecule has 0 bridgehead atoms. The SMILES string of the molecule is CNCCN1C(=O)CC[C@H]2CN(C(=O)CCCN3CCCC3)CC[C@H]21. The van der Waals surface area contributed by atoms with Gasteiger partial charge in [-0.3, -0.25) is 9.59 Å². The Labute approximate surface area is 151 Å². The normalized spacial score (nSPS) is 27.6. The van der Waals surface area contributed by atoms with Gasteiger partial charge in [-0.05, 0) is 64.7 Å². The fourth-order valence-electron chi connectivity index (χ4n) is 4.72. The Morgan fingerprint density at radius 2 is 1.96 bits per heavy atom. The number of carbonyl (C=O) groups is 2. The van der Waals surface area contributed by atoms with Gasteiger partial charge in [-0.25, -0.2) is 0 Å². The van der Waals surface area contributed by atoms with Crippen LogP contribution in [-0.2, 0) is 9.59 Å². The highest BCUT2D eigenvalue weighted by molar-refractivity contribution is 5.78. The Balaban J connectivity index is 1.45. The molecule has 3 saturated heterocycles. The third-order valence-electron chi connectivity index (χ3n) is 6.16. The molecule has 3 aliphatic rings. The largest absolute Gasteiger partial charge is 0.342 e. The first-order valence-corrected chi connectivity index (χ1v) is 10.1. The van der Waals surface area contributed by atoms with Gasteiger partial charge in [0.05, 0.1) is 0 Å². The van der Waals surface area contributed by atoms with Gasteiger partial charge < -0.3 is 20.0 Å². The summed E-state index contributed by atoms with van der Waals surface area (Å²) >= 11 is 0. The van der Waals surface area contributed by atoms with Gasteiger partial charge in [0.25, 0.3) is 0 Å². The molecule has 0 aliphatic carbocycles. The van der Waals surface area contributed by atoms with Crippen LogP contribution in [0.25, 0.3) is 0 Å². The van der Waals surface area contributed by atoms with E-state index in [1.54, 1.807) is 0 Å². The molecule has 3 heterocycles. The van der Waals surface area contributed by atoms with Crippen LogP contribution >= 0.6 is 0 Å². The fraction of sp³-hybridized carbons (Fsp3) is 0.895. The van der Waals surface area contributed by atoms with Crippen molar-refractivity contribution >= 4 is 11.8 Å². The maximum atomic E-state index is 12.6. The summed E-state index contributed by atoms with van der Waals surface area (Å²) < 4.78 is 0. The second-order valence-electron chi connectivity index (χ2n) is 7.84. The van der Waals surface area contributed by atoms with E-state index in [1.807, 2.05) is 7.05 Å². The standard InChI is InChI=1S/C19H34N4O2/c1-20-9-14-23-17-8-13-22(15-16(17)6-7-19(23)25)18(24)5-4-12-21-10-2-3-11-21/h16-17,20H,2-15H2,1H3/t16-,17+/m0/s1. The maximum absolute atomic E-state index is 12.6. The van der Waals surface area contributed by atoms with Crippen LogP contribution in [0.3, 0.4) is 0 Å². The first-order chi connectivity index (χ1) is 12.2. The number of carbonyl (C=O) groups excluding carboxylic acids is 2. The van der Waals surface area contributed by atoms with Gasteiger partial charge in [0.2, 0.25) is 11.8 Å². The van der Waals surface area contributed by atoms with Gasteiger partial charge in [0, 0.05) is 45.1 Å². The second-order valence-corrected chi connectivity index (χ2v) is 7.84. The topological polar surface area (TPSA) is 55.9 Å². The highest BCUT2D eigenvalue weighted by Crippen LogP contribution is 2.31. The van der Waals surface area contributed by atoms with Crippen molar-refractivity contribution in [1.29, 1.82) is 0 Å². The molecule has 0 aromatic rings. The number of likely N-dealkylation sites (N-methyl/N-ethyl adjacent to an activating group) is 1. The first kappa shape index (κ1) is 18.6. The van der Waals surface area contributed by atoms with Crippen LogP contribution < -0.4 is 5.32 Å². The number of hydrogen-bond donors (Lipinski definition) is 1. The Morgan fingerprint density at radius 3 is 2.72 bits per heavy atom. The fourth-order valence-corrected chi connectivity index (χ4v) is 4.72. The quantitative estimate of drug-likeness (QED) is 0.742. The van der Waals surface area contributed by atoms with E-state index < -0.39 is 0 Å². The lowest BCUT2D eigenvalue weighted by atomic mass is 9.83. The predicted octanol–water partition coefficient (Wildman–Crippen LogP) is 0.921. The summed E-state index contributed by atoms with van der Waals surface area (Å²) in [4.78, 5) is 31.4. The lowest BCUT2D eigenvalue weighted by Crippen LogP contribution is -2.57. The van der Waals surface area contributed by atoms with Crippen molar-refractivity contribution in [3.05, 3.63) is 0 Å². The van der Waals surface area contributed by atoms with Gasteiger partial charge >= 0.3 is 0 Å². The van der Waals surface area contributed by atoms with E-state index in [9.17, 15) is 9.59 Å². The number of likely N-dealkylation sites (tertiary alicyclic amines) is 3. The minimum Gasteiger partial charge on any atom is -0.342 e.